The number of hydrogen-bond donors (Lipinski definition) is 1. The maximum absolute atomic E-state index is 13.4. The molecule has 0 aliphatic heterocycles. The number of ether oxygens (including phenoxy) is 1. The highest BCUT2D eigenvalue weighted by Gasteiger charge is 2.15. The molecule has 0 saturated heterocycles. The van der Waals surface area contributed by atoms with Gasteiger partial charge in [-0.2, -0.15) is 0 Å². The summed E-state index contributed by atoms with van der Waals surface area (Å²) in [6.45, 7) is 0.244. The van der Waals surface area contributed by atoms with Gasteiger partial charge < -0.3 is 14.5 Å². The van der Waals surface area contributed by atoms with E-state index >= 15 is 0 Å². The quantitative estimate of drug-likeness (QED) is 0.463. The standard InChI is InChI=1S/C21H14ClF2N3O2/c22-17-10-19(24)18(23)9-16(17)21(28)26-13-4-3-5-15(8-13)29-12-14-11-27-7-2-1-6-20(27)25-14/h1-11H,12H2,(H,26,28). The van der Waals surface area contributed by atoms with Crippen molar-refractivity contribution in [2.45, 2.75) is 6.61 Å². The molecule has 2 heterocycles. The van der Waals surface area contributed by atoms with Crippen LogP contribution in [-0.4, -0.2) is 15.3 Å². The molecule has 29 heavy (non-hydrogen) atoms. The monoisotopic (exact) mass is 413 g/mol. The molecule has 4 aromatic rings. The number of amides is 1. The number of halogens is 3. The first kappa shape index (κ1) is 18.9. The first-order valence-corrected chi connectivity index (χ1v) is 8.99. The van der Waals surface area contributed by atoms with Gasteiger partial charge in [-0.3, -0.25) is 4.79 Å². The second-order valence-corrected chi connectivity index (χ2v) is 6.62. The number of anilines is 1. The van der Waals surface area contributed by atoms with Gasteiger partial charge in [0.2, 0.25) is 0 Å². The molecular formula is C21H14ClF2N3O2. The third-order valence-electron chi connectivity index (χ3n) is 4.15. The van der Waals surface area contributed by atoms with Crippen LogP contribution in [0.25, 0.3) is 5.65 Å². The van der Waals surface area contributed by atoms with E-state index < -0.39 is 17.5 Å². The van der Waals surface area contributed by atoms with Gasteiger partial charge in [-0.15, -0.1) is 0 Å². The zero-order valence-electron chi connectivity index (χ0n) is 14.9. The molecule has 1 N–H and O–H groups in total. The van der Waals surface area contributed by atoms with Crippen LogP contribution in [0.2, 0.25) is 5.02 Å². The van der Waals surface area contributed by atoms with Gasteiger partial charge in [0.05, 0.1) is 16.3 Å². The zero-order valence-corrected chi connectivity index (χ0v) is 15.7. The normalized spacial score (nSPS) is 10.9. The number of carbonyl (C=O) groups is 1. The number of benzene rings is 2. The molecule has 0 aliphatic carbocycles. The summed E-state index contributed by atoms with van der Waals surface area (Å²) in [7, 11) is 0. The van der Waals surface area contributed by atoms with Crippen LogP contribution in [0.15, 0.2) is 67.0 Å². The van der Waals surface area contributed by atoms with Crippen LogP contribution < -0.4 is 10.1 Å². The number of hydrogen-bond acceptors (Lipinski definition) is 3. The van der Waals surface area contributed by atoms with Crippen molar-refractivity contribution in [3.8, 4) is 5.75 Å². The lowest BCUT2D eigenvalue weighted by Gasteiger charge is -2.09. The number of nitrogens with zero attached hydrogens (tertiary/aromatic N) is 2. The molecule has 5 nitrogen and oxygen atoms in total. The average molecular weight is 414 g/mol. The van der Waals surface area contributed by atoms with Crippen LogP contribution in [0, 0.1) is 11.6 Å². The van der Waals surface area contributed by atoms with Gasteiger partial charge in [-0.05, 0) is 36.4 Å². The van der Waals surface area contributed by atoms with E-state index in [0.717, 1.165) is 23.5 Å². The molecule has 2 aromatic carbocycles. The Morgan fingerprint density at radius 3 is 2.76 bits per heavy atom. The van der Waals surface area contributed by atoms with Crippen molar-refractivity contribution < 1.29 is 18.3 Å². The van der Waals surface area contributed by atoms with E-state index in [4.69, 9.17) is 16.3 Å². The van der Waals surface area contributed by atoms with Gasteiger partial charge in [0.15, 0.2) is 11.6 Å². The highest BCUT2D eigenvalue weighted by molar-refractivity contribution is 6.34. The number of aromatic nitrogens is 2. The third kappa shape index (κ3) is 4.20. The summed E-state index contributed by atoms with van der Waals surface area (Å²) in [4.78, 5) is 16.8. The van der Waals surface area contributed by atoms with Gasteiger partial charge in [-0.1, -0.05) is 23.7 Å². The molecular weight excluding hydrogens is 400 g/mol. The van der Waals surface area contributed by atoms with Crippen molar-refractivity contribution in [2.75, 3.05) is 5.32 Å². The largest absolute Gasteiger partial charge is 0.487 e. The number of fused-ring (bicyclic) bond motifs is 1. The van der Waals surface area contributed by atoms with Crippen molar-refractivity contribution in [1.82, 2.24) is 9.38 Å². The molecule has 0 aliphatic rings. The van der Waals surface area contributed by atoms with Gasteiger partial charge in [0.25, 0.3) is 5.91 Å². The topological polar surface area (TPSA) is 55.6 Å². The Morgan fingerprint density at radius 2 is 1.93 bits per heavy atom. The van der Waals surface area contributed by atoms with Crippen LogP contribution in [-0.2, 0) is 6.61 Å². The minimum absolute atomic E-state index is 0.165. The van der Waals surface area contributed by atoms with Gasteiger partial charge >= 0.3 is 0 Å². The Labute approximate surface area is 169 Å². The maximum atomic E-state index is 13.4. The van der Waals surface area contributed by atoms with Crippen molar-refractivity contribution >= 4 is 28.8 Å². The minimum atomic E-state index is -1.15. The van der Waals surface area contributed by atoms with Crippen LogP contribution in [0.4, 0.5) is 14.5 Å². The fourth-order valence-electron chi connectivity index (χ4n) is 2.77. The zero-order chi connectivity index (χ0) is 20.4. The molecule has 0 bridgehead atoms. The lowest BCUT2D eigenvalue weighted by molar-refractivity contribution is 0.102. The van der Waals surface area contributed by atoms with Gasteiger partial charge in [0, 0.05) is 24.1 Å². The summed E-state index contributed by atoms with van der Waals surface area (Å²) in [5.41, 5.74) is 1.82. The van der Waals surface area contributed by atoms with Crippen molar-refractivity contribution in [3.63, 3.8) is 0 Å². The van der Waals surface area contributed by atoms with E-state index in [0.29, 0.717) is 11.4 Å². The van der Waals surface area contributed by atoms with Crippen molar-refractivity contribution in [2.24, 2.45) is 0 Å². The highest BCUT2D eigenvalue weighted by atomic mass is 35.5. The fraction of sp³-hybridized carbons (Fsp3) is 0.0476. The molecule has 4 rings (SSSR count). The summed E-state index contributed by atoms with van der Waals surface area (Å²) in [5.74, 6) is -2.42. The molecule has 0 saturated carbocycles. The molecule has 8 heteroatoms. The molecule has 0 atom stereocenters. The van der Waals surface area contributed by atoms with E-state index in [1.807, 2.05) is 35.0 Å². The number of carbonyl (C=O) groups excluding carboxylic acids is 1. The molecule has 2 aromatic heterocycles. The first-order valence-electron chi connectivity index (χ1n) is 8.61. The molecule has 1 amide bonds. The molecule has 0 fully saturated rings. The highest BCUT2D eigenvalue weighted by Crippen LogP contribution is 2.23. The van der Waals surface area contributed by atoms with Crippen LogP contribution in [0.5, 0.6) is 5.75 Å². The van der Waals surface area contributed by atoms with Gasteiger partial charge in [0.1, 0.15) is 18.0 Å². The minimum Gasteiger partial charge on any atom is -0.487 e. The second kappa shape index (κ2) is 7.89. The van der Waals surface area contributed by atoms with Crippen LogP contribution in [0.3, 0.4) is 0 Å². The van der Waals surface area contributed by atoms with Crippen molar-refractivity contribution in [1.29, 1.82) is 0 Å². The molecule has 0 unspecified atom stereocenters. The second-order valence-electron chi connectivity index (χ2n) is 6.22. The van der Waals surface area contributed by atoms with Crippen molar-refractivity contribution in [3.05, 3.63) is 94.9 Å². The van der Waals surface area contributed by atoms with E-state index in [-0.39, 0.29) is 17.2 Å². The predicted molar refractivity (Wildman–Crippen MR) is 105 cm³/mol. The Bertz CT molecular complexity index is 1180. The lowest BCUT2D eigenvalue weighted by Crippen LogP contribution is -2.13. The smallest absolute Gasteiger partial charge is 0.257 e. The number of imidazole rings is 1. The first-order chi connectivity index (χ1) is 14.0. The SMILES string of the molecule is O=C(Nc1cccc(OCc2cn3ccccc3n2)c1)c1cc(F)c(F)cc1Cl. The van der Waals surface area contributed by atoms with E-state index in [9.17, 15) is 13.6 Å². The lowest BCUT2D eigenvalue weighted by atomic mass is 10.2. The number of nitrogens with one attached hydrogen (secondary N) is 1. The van der Waals surface area contributed by atoms with E-state index in [1.165, 1.54) is 0 Å². The summed E-state index contributed by atoms with van der Waals surface area (Å²) >= 11 is 5.84. The summed E-state index contributed by atoms with van der Waals surface area (Å²) in [5, 5.41) is 2.41. The van der Waals surface area contributed by atoms with E-state index in [1.54, 1.807) is 24.3 Å². The number of pyridine rings is 1. The fourth-order valence-corrected chi connectivity index (χ4v) is 3.01. The summed E-state index contributed by atoms with van der Waals surface area (Å²) in [6, 6.07) is 13.9. The molecule has 146 valence electrons. The number of rotatable bonds is 5. The average Bonchev–Trinajstić information content (AvgIpc) is 3.12. The van der Waals surface area contributed by atoms with Crippen LogP contribution >= 0.6 is 11.6 Å². The Balaban J connectivity index is 1.45. The third-order valence-corrected chi connectivity index (χ3v) is 4.46. The van der Waals surface area contributed by atoms with E-state index in [2.05, 4.69) is 10.3 Å². The van der Waals surface area contributed by atoms with Gasteiger partial charge in [-0.25, -0.2) is 13.8 Å². The molecule has 0 spiro atoms. The maximum Gasteiger partial charge on any atom is 0.257 e. The summed E-state index contributed by atoms with van der Waals surface area (Å²) < 4.78 is 34.2. The Kier molecular flexibility index (Phi) is 5.14. The van der Waals surface area contributed by atoms with Crippen LogP contribution in [0.1, 0.15) is 16.1 Å². The summed E-state index contributed by atoms with van der Waals surface area (Å²) in [6.07, 6.45) is 3.76. The molecule has 0 radical (unpaired) electrons. The Hall–Kier alpha value is -3.45. The Morgan fingerprint density at radius 1 is 1.10 bits per heavy atom. The predicted octanol–water partition coefficient (Wildman–Crippen LogP) is 5.10.